The second-order valence-electron chi connectivity index (χ2n) is 4.67. The first-order chi connectivity index (χ1) is 9.19. The number of imide groups is 1. The molecular formula is C14H12N2O3. The third-order valence-electron chi connectivity index (χ3n) is 3.49. The Kier molecular flexibility index (Phi) is 2.67. The molecule has 96 valence electrons. The van der Waals surface area contributed by atoms with Gasteiger partial charge in [0.05, 0.1) is 5.92 Å². The zero-order chi connectivity index (χ0) is 13.4. The Morgan fingerprint density at radius 2 is 2.11 bits per heavy atom. The molecule has 2 aromatic rings. The Morgan fingerprint density at radius 3 is 2.84 bits per heavy atom. The van der Waals surface area contributed by atoms with E-state index in [0.717, 1.165) is 22.8 Å². The Balaban J connectivity index is 2.07. The number of H-pyrrole nitrogens is 1. The number of hydrogen-bond acceptors (Lipinski definition) is 3. The van der Waals surface area contributed by atoms with Gasteiger partial charge in [0.1, 0.15) is 6.29 Å². The number of amides is 2. The van der Waals surface area contributed by atoms with Gasteiger partial charge in [-0.05, 0) is 30.2 Å². The van der Waals surface area contributed by atoms with Crippen molar-refractivity contribution in [2.45, 2.75) is 18.8 Å². The Hall–Kier alpha value is -2.43. The van der Waals surface area contributed by atoms with Gasteiger partial charge in [-0.2, -0.15) is 0 Å². The zero-order valence-corrected chi connectivity index (χ0v) is 10.1. The van der Waals surface area contributed by atoms with Gasteiger partial charge in [0.15, 0.2) is 0 Å². The van der Waals surface area contributed by atoms with E-state index < -0.39 is 0 Å². The van der Waals surface area contributed by atoms with E-state index in [0.29, 0.717) is 18.4 Å². The normalized spacial score (nSPS) is 19.5. The minimum atomic E-state index is -0.339. The van der Waals surface area contributed by atoms with Crippen molar-refractivity contribution in [3.8, 4) is 0 Å². The van der Waals surface area contributed by atoms with Crippen LogP contribution in [0.25, 0.3) is 10.9 Å². The highest BCUT2D eigenvalue weighted by Gasteiger charge is 2.29. The number of aldehydes is 1. The molecule has 2 amide bonds. The summed E-state index contributed by atoms with van der Waals surface area (Å²) in [7, 11) is 0. The Morgan fingerprint density at radius 1 is 1.26 bits per heavy atom. The first-order valence-electron chi connectivity index (χ1n) is 6.09. The number of nitrogens with one attached hydrogen (secondary N) is 2. The molecule has 1 atom stereocenters. The van der Waals surface area contributed by atoms with Gasteiger partial charge >= 0.3 is 0 Å². The molecule has 2 N–H and O–H groups in total. The molecule has 0 spiro atoms. The van der Waals surface area contributed by atoms with Gasteiger partial charge in [-0.15, -0.1) is 0 Å². The second-order valence-corrected chi connectivity index (χ2v) is 4.67. The van der Waals surface area contributed by atoms with E-state index in [1.165, 1.54) is 0 Å². The summed E-state index contributed by atoms with van der Waals surface area (Å²) in [6.07, 6.45) is 3.40. The molecule has 2 heterocycles. The number of hydrogen-bond donors (Lipinski definition) is 2. The molecule has 1 unspecified atom stereocenters. The molecule has 5 heteroatoms. The van der Waals surface area contributed by atoms with Crippen LogP contribution in [0.2, 0.25) is 0 Å². The van der Waals surface area contributed by atoms with Crippen LogP contribution in [0.4, 0.5) is 0 Å². The van der Waals surface area contributed by atoms with Gasteiger partial charge < -0.3 is 4.98 Å². The van der Waals surface area contributed by atoms with Gasteiger partial charge in [-0.3, -0.25) is 19.7 Å². The standard InChI is InChI=1S/C14H12N2O3/c17-7-8-1-3-12-10(5-8)11(6-15-12)9-2-4-13(18)16-14(9)19/h1,3,5-7,9,15H,2,4H2,(H,16,18,19). The fourth-order valence-electron chi connectivity index (χ4n) is 2.51. The van der Waals surface area contributed by atoms with E-state index in [9.17, 15) is 14.4 Å². The van der Waals surface area contributed by atoms with Crippen molar-refractivity contribution < 1.29 is 14.4 Å². The predicted octanol–water partition coefficient (Wildman–Crippen LogP) is 1.50. The van der Waals surface area contributed by atoms with Crippen LogP contribution in [-0.4, -0.2) is 23.1 Å². The molecule has 1 fully saturated rings. The number of aromatic amines is 1. The fraction of sp³-hybridized carbons (Fsp3) is 0.214. The lowest BCUT2D eigenvalue weighted by molar-refractivity contribution is -0.134. The number of benzene rings is 1. The lowest BCUT2D eigenvalue weighted by Crippen LogP contribution is -2.39. The number of rotatable bonds is 2. The largest absolute Gasteiger partial charge is 0.361 e. The van der Waals surface area contributed by atoms with Crippen LogP contribution < -0.4 is 5.32 Å². The second kappa shape index (κ2) is 4.35. The van der Waals surface area contributed by atoms with E-state index in [2.05, 4.69) is 10.3 Å². The average molecular weight is 256 g/mol. The van der Waals surface area contributed by atoms with E-state index in [1.54, 1.807) is 18.3 Å². The van der Waals surface area contributed by atoms with Crippen molar-refractivity contribution in [2.75, 3.05) is 0 Å². The Bertz CT molecular complexity index is 687. The molecule has 0 radical (unpaired) electrons. The van der Waals surface area contributed by atoms with Crippen molar-refractivity contribution >= 4 is 29.0 Å². The summed E-state index contributed by atoms with van der Waals surface area (Å²) in [5.41, 5.74) is 2.29. The van der Waals surface area contributed by atoms with E-state index >= 15 is 0 Å². The molecule has 0 bridgehead atoms. The smallest absolute Gasteiger partial charge is 0.234 e. The number of piperidine rings is 1. The van der Waals surface area contributed by atoms with Gasteiger partial charge in [0.25, 0.3) is 0 Å². The monoisotopic (exact) mass is 256 g/mol. The highest BCUT2D eigenvalue weighted by Crippen LogP contribution is 2.31. The minimum Gasteiger partial charge on any atom is -0.361 e. The average Bonchev–Trinajstić information content (AvgIpc) is 2.81. The van der Waals surface area contributed by atoms with Crippen LogP contribution in [0.3, 0.4) is 0 Å². The molecule has 3 rings (SSSR count). The summed E-state index contributed by atoms with van der Waals surface area (Å²) in [4.78, 5) is 37.0. The van der Waals surface area contributed by atoms with Gasteiger partial charge in [0.2, 0.25) is 11.8 Å². The highest BCUT2D eigenvalue weighted by molar-refractivity contribution is 6.03. The van der Waals surface area contributed by atoms with E-state index in [4.69, 9.17) is 0 Å². The number of carbonyl (C=O) groups is 3. The molecule has 19 heavy (non-hydrogen) atoms. The molecule has 1 aliphatic rings. The fourth-order valence-corrected chi connectivity index (χ4v) is 2.51. The third-order valence-corrected chi connectivity index (χ3v) is 3.49. The van der Waals surface area contributed by atoms with Crippen molar-refractivity contribution in [1.82, 2.24) is 10.3 Å². The van der Waals surface area contributed by atoms with Crippen molar-refractivity contribution in [3.63, 3.8) is 0 Å². The number of aromatic nitrogens is 1. The maximum Gasteiger partial charge on any atom is 0.234 e. The molecule has 1 aliphatic heterocycles. The predicted molar refractivity (Wildman–Crippen MR) is 68.8 cm³/mol. The van der Waals surface area contributed by atoms with Crippen LogP contribution in [0.1, 0.15) is 34.7 Å². The first-order valence-corrected chi connectivity index (χ1v) is 6.09. The maximum atomic E-state index is 11.9. The van der Waals surface area contributed by atoms with Gasteiger partial charge in [-0.1, -0.05) is 0 Å². The maximum absolute atomic E-state index is 11.9. The van der Waals surface area contributed by atoms with Crippen molar-refractivity contribution in [2.24, 2.45) is 0 Å². The summed E-state index contributed by atoms with van der Waals surface area (Å²) in [5, 5.41) is 3.21. The molecule has 5 nitrogen and oxygen atoms in total. The van der Waals surface area contributed by atoms with Crippen LogP contribution in [-0.2, 0) is 9.59 Å². The number of carbonyl (C=O) groups excluding carboxylic acids is 3. The summed E-state index contributed by atoms with van der Waals surface area (Å²) < 4.78 is 0. The molecule has 1 aromatic heterocycles. The summed E-state index contributed by atoms with van der Waals surface area (Å²) >= 11 is 0. The molecule has 0 aliphatic carbocycles. The Labute approximate surface area is 109 Å². The SMILES string of the molecule is O=Cc1ccc2[nH]cc(C3CCC(=O)NC3=O)c2c1. The van der Waals surface area contributed by atoms with E-state index in [-0.39, 0.29) is 17.7 Å². The van der Waals surface area contributed by atoms with Crippen LogP contribution in [0.15, 0.2) is 24.4 Å². The van der Waals surface area contributed by atoms with Gasteiger partial charge in [-0.25, -0.2) is 0 Å². The molecule has 0 saturated carbocycles. The summed E-state index contributed by atoms with van der Waals surface area (Å²) in [6, 6.07) is 5.30. The quantitative estimate of drug-likeness (QED) is 0.631. The van der Waals surface area contributed by atoms with Gasteiger partial charge in [0, 0.05) is 29.1 Å². The lowest BCUT2D eigenvalue weighted by atomic mass is 9.90. The van der Waals surface area contributed by atoms with Crippen LogP contribution in [0, 0.1) is 0 Å². The minimum absolute atomic E-state index is 0.227. The number of fused-ring (bicyclic) bond motifs is 1. The highest BCUT2D eigenvalue weighted by atomic mass is 16.2. The molecule has 1 aromatic carbocycles. The summed E-state index contributed by atoms with van der Waals surface area (Å²) in [5.74, 6) is -0.836. The topological polar surface area (TPSA) is 79.0 Å². The van der Waals surface area contributed by atoms with Crippen molar-refractivity contribution in [1.29, 1.82) is 0 Å². The molecular weight excluding hydrogens is 244 g/mol. The first kappa shape index (κ1) is 11.6. The lowest BCUT2D eigenvalue weighted by Gasteiger charge is -2.20. The van der Waals surface area contributed by atoms with E-state index in [1.807, 2.05) is 6.07 Å². The van der Waals surface area contributed by atoms with Crippen LogP contribution >= 0.6 is 0 Å². The zero-order valence-electron chi connectivity index (χ0n) is 10.1. The summed E-state index contributed by atoms with van der Waals surface area (Å²) in [6.45, 7) is 0. The third kappa shape index (κ3) is 1.93. The molecule has 1 saturated heterocycles. The van der Waals surface area contributed by atoms with Crippen molar-refractivity contribution in [3.05, 3.63) is 35.5 Å². The van der Waals surface area contributed by atoms with Crippen LogP contribution in [0.5, 0.6) is 0 Å².